The van der Waals surface area contributed by atoms with E-state index in [1.54, 1.807) is 16.8 Å². The Labute approximate surface area is 172 Å². The molecule has 4 aromatic rings. The first kappa shape index (κ1) is 19.4. The first-order chi connectivity index (χ1) is 14.4. The van der Waals surface area contributed by atoms with E-state index in [9.17, 15) is 13.6 Å². The SMILES string of the molecule is Cc1cccc(-n2nc(C(=O)Nc3ccc(F)cc3)nc2-c2ccc(F)cc2)c1C. The number of carbonyl (C=O) groups excluding carboxylic acids is 1. The van der Waals surface area contributed by atoms with Crippen molar-refractivity contribution in [2.45, 2.75) is 13.8 Å². The molecule has 1 aromatic heterocycles. The summed E-state index contributed by atoms with van der Waals surface area (Å²) in [5, 5.41) is 7.08. The zero-order valence-corrected chi connectivity index (χ0v) is 16.4. The first-order valence-electron chi connectivity index (χ1n) is 9.29. The Morgan fingerprint density at radius 1 is 0.900 bits per heavy atom. The number of hydrogen-bond acceptors (Lipinski definition) is 3. The number of rotatable bonds is 4. The van der Waals surface area contributed by atoms with E-state index in [-0.39, 0.29) is 11.6 Å². The van der Waals surface area contributed by atoms with Crippen molar-refractivity contribution in [1.29, 1.82) is 0 Å². The second-order valence-corrected chi connectivity index (χ2v) is 6.86. The molecular formula is C23H18F2N4O. The standard InChI is InChI=1S/C23H18F2N4O/c1-14-4-3-5-20(15(14)2)29-22(16-6-8-17(24)9-7-16)27-21(28-29)23(30)26-19-12-10-18(25)11-13-19/h3-13H,1-2H3,(H,26,30). The van der Waals surface area contributed by atoms with E-state index < -0.39 is 11.7 Å². The van der Waals surface area contributed by atoms with Crippen LogP contribution in [0.5, 0.6) is 0 Å². The third kappa shape index (κ3) is 3.82. The summed E-state index contributed by atoms with van der Waals surface area (Å²) < 4.78 is 28.1. The van der Waals surface area contributed by atoms with Crippen molar-refractivity contribution in [3.8, 4) is 17.1 Å². The predicted molar refractivity (Wildman–Crippen MR) is 111 cm³/mol. The van der Waals surface area contributed by atoms with Gasteiger partial charge in [0.05, 0.1) is 5.69 Å². The molecule has 1 heterocycles. The topological polar surface area (TPSA) is 59.8 Å². The fourth-order valence-corrected chi connectivity index (χ4v) is 3.05. The number of carbonyl (C=O) groups is 1. The highest BCUT2D eigenvalue weighted by Crippen LogP contribution is 2.25. The van der Waals surface area contributed by atoms with Crippen LogP contribution in [0.15, 0.2) is 66.7 Å². The molecule has 0 saturated heterocycles. The molecule has 3 aromatic carbocycles. The number of hydrogen-bond donors (Lipinski definition) is 1. The van der Waals surface area contributed by atoms with E-state index in [2.05, 4.69) is 15.4 Å². The molecule has 0 bridgehead atoms. The van der Waals surface area contributed by atoms with Gasteiger partial charge >= 0.3 is 0 Å². The largest absolute Gasteiger partial charge is 0.319 e. The Morgan fingerprint density at radius 2 is 1.53 bits per heavy atom. The number of anilines is 1. The number of aromatic nitrogens is 3. The van der Waals surface area contributed by atoms with Crippen LogP contribution < -0.4 is 5.32 Å². The minimum absolute atomic E-state index is 0.0560. The number of aryl methyl sites for hydroxylation is 1. The number of nitrogens with zero attached hydrogens (tertiary/aromatic N) is 3. The second-order valence-electron chi connectivity index (χ2n) is 6.86. The highest BCUT2D eigenvalue weighted by Gasteiger charge is 2.20. The molecule has 0 atom stereocenters. The van der Waals surface area contributed by atoms with E-state index in [0.717, 1.165) is 16.8 Å². The number of halogens is 2. The van der Waals surface area contributed by atoms with Crippen molar-refractivity contribution in [1.82, 2.24) is 14.8 Å². The summed E-state index contributed by atoms with van der Waals surface area (Å²) in [5.41, 5.74) is 3.85. The lowest BCUT2D eigenvalue weighted by atomic mass is 10.1. The van der Waals surface area contributed by atoms with Crippen LogP contribution in [0.2, 0.25) is 0 Å². The molecule has 0 fully saturated rings. The van der Waals surface area contributed by atoms with E-state index in [0.29, 0.717) is 17.1 Å². The molecule has 0 saturated carbocycles. The Bertz CT molecular complexity index is 1220. The normalized spacial score (nSPS) is 10.8. The summed E-state index contributed by atoms with van der Waals surface area (Å²) in [7, 11) is 0. The summed E-state index contributed by atoms with van der Waals surface area (Å²) >= 11 is 0. The number of nitrogens with one attached hydrogen (secondary N) is 1. The van der Waals surface area contributed by atoms with E-state index in [4.69, 9.17) is 0 Å². The maximum absolute atomic E-state index is 13.4. The van der Waals surface area contributed by atoms with Crippen LogP contribution in [0.4, 0.5) is 14.5 Å². The number of benzene rings is 3. The molecule has 1 amide bonds. The lowest BCUT2D eigenvalue weighted by molar-refractivity contribution is 0.101. The molecule has 0 aliphatic carbocycles. The van der Waals surface area contributed by atoms with Crippen LogP contribution in [-0.2, 0) is 0 Å². The van der Waals surface area contributed by atoms with Crippen molar-refractivity contribution in [3.63, 3.8) is 0 Å². The predicted octanol–water partition coefficient (Wildman–Crippen LogP) is 5.08. The molecule has 0 unspecified atom stereocenters. The van der Waals surface area contributed by atoms with Gasteiger partial charge in [-0.2, -0.15) is 0 Å². The van der Waals surface area contributed by atoms with Crippen LogP contribution in [0.25, 0.3) is 17.1 Å². The summed E-state index contributed by atoms with van der Waals surface area (Å²) in [4.78, 5) is 17.1. The van der Waals surface area contributed by atoms with E-state index in [1.807, 2.05) is 32.0 Å². The van der Waals surface area contributed by atoms with Gasteiger partial charge in [0.2, 0.25) is 5.82 Å². The molecule has 0 aliphatic heterocycles. The minimum atomic E-state index is -0.533. The summed E-state index contributed by atoms with van der Waals surface area (Å²) in [6.45, 7) is 3.94. The smallest absolute Gasteiger partial charge is 0.295 e. The molecule has 0 radical (unpaired) electrons. The van der Waals surface area contributed by atoms with Crippen LogP contribution in [-0.4, -0.2) is 20.7 Å². The van der Waals surface area contributed by atoms with Gasteiger partial charge in [-0.15, -0.1) is 5.10 Å². The van der Waals surface area contributed by atoms with Gasteiger partial charge in [0.25, 0.3) is 5.91 Å². The van der Waals surface area contributed by atoms with Crippen molar-refractivity contribution < 1.29 is 13.6 Å². The van der Waals surface area contributed by atoms with E-state index in [1.165, 1.54) is 36.4 Å². The van der Waals surface area contributed by atoms with Crippen LogP contribution in [0.3, 0.4) is 0 Å². The maximum Gasteiger partial charge on any atom is 0.295 e. The van der Waals surface area contributed by atoms with Gasteiger partial charge in [0.1, 0.15) is 11.6 Å². The van der Waals surface area contributed by atoms with Gasteiger partial charge in [-0.05, 0) is 79.6 Å². The molecule has 4 rings (SSSR count). The highest BCUT2D eigenvalue weighted by molar-refractivity contribution is 6.01. The molecule has 7 heteroatoms. The lowest BCUT2D eigenvalue weighted by Crippen LogP contribution is -2.14. The summed E-state index contributed by atoms with van der Waals surface area (Å²) in [6.07, 6.45) is 0. The van der Waals surface area contributed by atoms with Gasteiger partial charge in [0, 0.05) is 11.3 Å². The molecule has 1 N–H and O–H groups in total. The number of amides is 1. The minimum Gasteiger partial charge on any atom is -0.319 e. The quantitative estimate of drug-likeness (QED) is 0.516. The zero-order valence-electron chi connectivity index (χ0n) is 16.4. The van der Waals surface area contributed by atoms with E-state index >= 15 is 0 Å². The van der Waals surface area contributed by atoms with Crippen LogP contribution in [0.1, 0.15) is 21.7 Å². The monoisotopic (exact) mass is 404 g/mol. The Morgan fingerprint density at radius 3 is 2.20 bits per heavy atom. The summed E-state index contributed by atoms with van der Waals surface area (Å²) in [5.74, 6) is -0.948. The third-order valence-corrected chi connectivity index (χ3v) is 4.82. The lowest BCUT2D eigenvalue weighted by Gasteiger charge is -2.11. The van der Waals surface area contributed by atoms with Crippen molar-refractivity contribution >= 4 is 11.6 Å². The second kappa shape index (κ2) is 7.87. The van der Waals surface area contributed by atoms with Gasteiger partial charge in [-0.1, -0.05) is 12.1 Å². The first-order valence-corrected chi connectivity index (χ1v) is 9.29. The molecule has 30 heavy (non-hydrogen) atoms. The van der Waals surface area contributed by atoms with Gasteiger partial charge < -0.3 is 5.32 Å². The fraction of sp³-hybridized carbons (Fsp3) is 0.0870. The fourth-order valence-electron chi connectivity index (χ4n) is 3.05. The molecular weight excluding hydrogens is 386 g/mol. The van der Waals surface area contributed by atoms with Gasteiger partial charge in [-0.3, -0.25) is 4.79 Å². The Balaban J connectivity index is 1.79. The Kier molecular flexibility index (Phi) is 5.10. The van der Waals surface area contributed by atoms with Gasteiger partial charge in [-0.25, -0.2) is 18.4 Å². The molecule has 5 nitrogen and oxygen atoms in total. The zero-order chi connectivity index (χ0) is 21.3. The molecule has 150 valence electrons. The molecule has 0 aliphatic rings. The van der Waals surface area contributed by atoms with Crippen molar-refractivity contribution in [3.05, 3.63) is 95.3 Å². The average molecular weight is 404 g/mol. The summed E-state index contributed by atoms with van der Waals surface area (Å²) in [6, 6.07) is 17.0. The maximum atomic E-state index is 13.4. The highest BCUT2D eigenvalue weighted by atomic mass is 19.1. The third-order valence-electron chi connectivity index (χ3n) is 4.82. The molecule has 0 spiro atoms. The average Bonchev–Trinajstić information content (AvgIpc) is 3.17. The van der Waals surface area contributed by atoms with Crippen molar-refractivity contribution in [2.75, 3.05) is 5.32 Å². The van der Waals surface area contributed by atoms with Crippen LogP contribution >= 0.6 is 0 Å². The van der Waals surface area contributed by atoms with Gasteiger partial charge in [0.15, 0.2) is 5.82 Å². The van der Waals surface area contributed by atoms with Crippen molar-refractivity contribution in [2.24, 2.45) is 0 Å². The van der Waals surface area contributed by atoms with Crippen LogP contribution in [0, 0.1) is 25.5 Å². The Hall–Kier alpha value is -3.87.